The minimum absolute atomic E-state index is 0.166. The van der Waals surface area contributed by atoms with Crippen LogP contribution in [0.1, 0.15) is 29.5 Å². The maximum Gasteiger partial charge on any atom is 0.184 e. The number of nitrogens with zero attached hydrogens (tertiary/aromatic N) is 2. The lowest BCUT2D eigenvalue weighted by molar-refractivity contribution is -0.111. The average molecular weight is 411 g/mol. The van der Waals surface area contributed by atoms with Crippen LogP contribution in [-0.4, -0.2) is 43.2 Å². The average Bonchev–Trinajstić information content (AvgIpc) is 3.30. The molecule has 4 aliphatic rings. The molecule has 0 amide bonds. The van der Waals surface area contributed by atoms with E-state index in [2.05, 4.69) is 44.0 Å². The molecule has 2 aliphatic heterocycles. The third-order valence-corrected chi connectivity index (χ3v) is 6.28. The highest BCUT2D eigenvalue weighted by Gasteiger charge is 2.31. The van der Waals surface area contributed by atoms with Crippen molar-refractivity contribution in [1.82, 2.24) is 4.90 Å². The van der Waals surface area contributed by atoms with Crippen LogP contribution in [0.4, 0.5) is 0 Å². The van der Waals surface area contributed by atoms with Gasteiger partial charge in [0.25, 0.3) is 0 Å². The van der Waals surface area contributed by atoms with Crippen LogP contribution in [0.3, 0.4) is 0 Å². The summed E-state index contributed by atoms with van der Waals surface area (Å²) in [6, 6.07) is 4.20. The van der Waals surface area contributed by atoms with Gasteiger partial charge in [-0.05, 0) is 34.8 Å². The largest absolute Gasteiger partial charge is 0.378 e. The molecule has 1 aromatic rings. The second-order valence-electron chi connectivity index (χ2n) is 7.02. The molecule has 2 aliphatic carbocycles. The predicted octanol–water partition coefficient (Wildman–Crippen LogP) is 3.65. The van der Waals surface area contributed by atoms with Gasteiger partial charge in [0.1, 0.15) is 0 Å². The Morgan fingerprint density at radius 3 is 2.85 bits per heavy atom. The van der Waals surface area contributed by atoms with Crippen LogP contribution in [0.5, 0.6) is 0 Å². The normalized spacial score (nSPS) is 21.7. The van der Waals surface area contributed by atoms with E-state index >= 15 is 0 Å². The second-order valence-corrected chi connectivity index (χ2v) is 7.87. The molecular formula is C21H19BrN2O2. The van der Waals surface area contributed by atoms with E-state index < -0.39 is 0 Å². The molecule has 26 heavy (non-hydrogen) atoms. The Kier molecular flexibility index (Phi) is 3.94. The fourth-order valence-corrected chi connectivity index (χ4v) is 4.88. The number of ketones is 1. The SMILES string of the molecule is O=C1C=C(N2CCOCC2)CC2=C1CC=C2c1c(Br)ccc2c1CN=C2. The summed E-state index contributed by atoms with van der Waals surface area (Å²) in [6.07, 6.45) is 7.56. The van der Waals surface area contributed by atoms with E-state index in [4.69, 9.17) is 4.74 Å². The van der Waals surface area contributed by atoms with Gasteiger partial charge in [-0.2, -0.15) is 0 Å². The highest BCUT2D eigenvalue weighted by atomic mass is 79.9. The maximum absolute atomic E-state index is 12.8. The first-order chi connectivity index (χ1) is 12.7. The first-order valence-electron chi connectivity index (χ1n) is 9.04. The van der Waals surface area contributed by atoms with E-state index in [1.165, 1.54) is 27.8 Å². The molecule has 1 saturated heterocycles. The van der Waals surface area contributed by atoms with Crippen molar-refractivity contribution in [2.45, 2.75) is 19.4 Å². The van der Waals surface area contributed by atoms with Gasteiger partial charge in [0, 0.05) is 53.1 Å². The second kappa shape index (κ2) is 6.32. The number of ether oxygens (including phenoxy) is 1. The molecule has 4 nitrogen and oxygen atoms in total. The zero-order valence-electron chi connectivity index (χ0n) is 14.4. The molecule has 0 aromatic heterocycles. The number of fused-ring (bicyclic) bond motifs is 1. The summed E-state index contributed by atoms with van der Waals surface area (Å²) in [7, 11) is 0. The van der Waals surface area contributed by atoms with Crippen molar-refractivity contribution in [1.29, 1.82) is 0 Å². The summed E-state index contributed by atoms with van der Waals surface area (Å²) < 4.78 is 6.54. The van der Waals surface area contributed by atoms with Crippen molar-refractivity contribution < 1.29 is 9.53 Å². The van der Waals surface area contributed by atoms with Crippen LogP contribution in [0.15, 0.2) is 50.6 Å². The molecule has 132 valence electrons. The summed E-state index contributed by atoms with van der Waals surface area (Å²) >= 11 is 3.74. The summed E-state index contributed by atoms with van der Waals surface area (Å²) in [6.45, 7) is 3.90. The van der Waals surface area contributed by atoms with E-state index in [1.54, 1.807) is 0 Å². The number of aliphatic imine (C=N–C) groups is 1. The molecule has 0 atom stereocenters. The smallest absolute Gasteiger partial charge is 0.184 e. The lowest BCUT2D eigenvalue weighted by Gasteiger charge is -2.33. The molecule has 0 saturated carbocycles. The summed E-state index contributed by atoms with van der Waals surface area (Å²) in [5.41, 5.74) is 8.14. The Labute approximate surface area is 161 Å². The lowest BCUT2D eigenvalue weighted by atomic mass is 9.87. The van der Waals surface area contributed by atoms with Crippen LogP contribution in [0.2, 0.25) is 0 Å². The number of carbonyl (C=O) groups excluding carboxylic acids is 1. The molecule has 5 rings (SSSR count). The van der Waals surface area contributed by atoms with Gasteiger partial charge in [0.15, 0.2) is 5.78 Å². The molecule has 2 heterocycles. The number of halogens is 1. The predicted molar refractivity (Wildman–Crippen MR) is 105 cm³/mol. The Hall–Kier alpha value is -1.98. The van der Waals surface area contributed by atoms with Crippen molar-refractivity contribution in [3.05, 3.63) is 62.3 Å². The number of hydrogen-bond donors (Lipinski definition) is 0. The van der Waals surface area contributed by atoms with Crippen LogP contribution >= 0.6 is 15.9 Å². The molecule has 0 spiro atoms. The van der Waals surface area contributed by atoms with Crippen molar-refractivity contribution in [2.75, 3.05) is 26.3 Å². The first-order valence-corrected chi connectivity index (χ1v) is 9.83. The van der Waals surface area contributed by atoms with Gasteiger partial charge in [-0.3, -0.25) is 9.79 Å². The fraction of sp³-hybridized carbons (Fsp3) is 0.333. The van der Waals surface area contributed by atoms with Crippen molar-refractivity contribution in [2.24, 2.45) is 4.99 Å². The van der Waals surface area contributed by atoms with E-state index in [9.17, 15) is 4.79 Å². The van der Waals surface area contributed by atoms with Crippen LogP contribution in [0, 0.1) is 0 Å². The lowest BCUT2D eigenvalue weighted by Crippen LogP contribution is -2.36. The molecule has 1 fully saturated rings. The quantitative estimate of drug-likeness (QED) is 0.746. The van der Waals surface area contributed by atoms with E-state index in [1.807, 2.05) is 12.3 Å². The van der Waals surface area contributed by atoms with Gasteiger partial charge >= 0.3 is 0 Å². The van der Waals surface area contributed by atoms with E-state index in [0.717, 1.165) is 54.9 Å². The molecule has 0 radical (unpaired) electrons. The zero-order chi connectivity index (χ0) is 17.7. The number of morpholine rings is 1. The molecular weight excluding hydrogens is 392 g/mol. The Bertz CT molecular complexity index is 934. The molecule has 5 heteroatoms. The third kappa shape index (κ3) is 2.53. The molecule has 0 bridgehead atoms. The van der Waals surface area contributed by atoms with Gasteiger partial charge in [-0.15, -0.1) is 0 Å². The minimum Gasteiger partial charge on any atom is -0.378 e. The van der Waals surface area contributed by atoms with E-state index in [-0.39, 0.29) is 5.78 Å². The zero-order valence-corrected chi connectivity index (χ0v) is 16.0. The number of hydrogen-bond acceptors (Lipinski definition) is 4. The van der Waals surface area contributed by atoms with Gasteiger partial charge in [0.2, 0.25) is 0 Å². The summed E-state index contributed by atoms with van der Waals surface area (Å²) in [5, 5.41) is 0. The van der Waals surface area contributed by atoms with Gasteiger partial charge in [-0.25, -0.2) is 0 Å². The molecule has 1 aromatic carbocycles. The number of carbonyl (C=O) groups is 1. The van der Waals surface area contributed by atoms with E-state index in [0.29, 0.717) is 6.54 Å². The third-order valence-electron chi connectivity index (χ3n) is 5.62. The molecule has 0 unspecified atom stereocenters. The van der Waals surface area contributed by atoms with Gasteiger partial charge < -0.3 is 9.64 Å². The van der Waals surface area contributed by atoms with Crippen LogP contribution in [-0.2, 0) is 16.1 Å². The Balaban J connectivity index is 1.52. The van der Waals surface area contributed by atoms with Gasteiger partial charge in [-0.1, -0.05) is 28.1 Å². The first kappa shape index (κ1) is 16.2. The standard InChI is InChI=1S/C21H19BrN2O2/c22-19-4-1-13-11-23-12-18(13)21(19)16-3-2-15-17(16)9-14(10-20(15)25)24-5-7-26-8-6-24/h1,3-4,10-11H,2,5-9,12H2. The number of rotatable bonds is 2. The maximum atomic E-state index is 12.8. The topological polar surface area (TPSA) is 41.9 Å². The fourth-order valence-electron chi connectivity index (χ4n) is 4.29. The number of allylic oxidation sites excluding steroid dienone is 5. The van der Waals surface area contributed by atoms with Crippen molar-refractivity contribution in [3.8, 4) is 0 Å². The Morgan fingerprint density at radius 2 is 2.00 bits per heavy atom. The van der Waals surface area contributed by atoms with Crippen molar-refractivity contribution >= 4 is 33.5 Å². The number of benzene rings is 1. The van der Waals surface area contributed by atoms with Crippen LogP contribution in [0.25, 0.3) is 5.57 Å². The van der Waals surface area contributed by atoms with Crippen LogP contribution < -0.4 is 0 Å². The minimum atomic E-state index is 0.166. The van der Waals surface area contributed by atoms with Crippen molar-refractivity contribution in [3.63, 3.8) is 0 Å². The van der Waals surface area contributed by atoms with Gasteiger partial charge in [0.05, 0.1) is 19.8 Å². The highest BCUT2D eigenvalue weighted by Crippen LogP contribution is 2.45. The monoisotopic (exact) mass is 410 g/mol. The summed E-state index contributed by atoms with van der Waals surface area (Å²) in [5.74, 6) is 0.166. The molecule has 0 N–H and O–H groups in total. The highest BCUT2D eigenvalue weighted by molar-refractivity contribution is 9.10. The summed E-state index contributed by atoms with van der Waals surface area (Å²) in [4.78, 5) is 19.5. The Morgan fingerprint density at radius 1 is 1.15 bits per heavy atom.